The Morgan fingerprint density at radius 2 is 1.70 bits per heavy atom. The smallest absolute Gasteiger partial charge is 0.238 e. The second-order valence-electron chi connectivity index (χ2n) is 11.4. The summed E-state index contributed by atoms with van der Waals surface area (Å²) < 4.78 is 69.2. The summed E-state index contributed by atoms with van der Waals surface area (Å²) in [6.07, 6.45) is 5.59. The molecule has 40 heavy (non-hydrogen) atoms. The summed E-state index contributed by atoms with van der Waals surface area (Å²) in [4.78, 5) is 13.4. The summed E-state index contributed by atoms with van der Waals surface area (Å²) in [6, 6.07) is 7.20. The fourth-order valence-electron chi connectivity index (χ4n) is 6.69. The number of benzene rings is 2. The van der Waals surface area contributed by atoms with Gasteiger partial charge in [0.05, 0.1) is 11.8 Å². The van der Waals surface area contributed by atoms with Crippen molar-refractivity contribution in [2.24, 2.45) is 11.7 Å². The molecular formula is C29H37F3N4O3S. The molecule has 0 spiro atoms. The zero-order valence-electron chi connectivity index (χ0n) is 22.4. The Kier molecular flexibility index (Phi) is 8.84. The molecule has 1 aliphatic carbocycles. The van der Waals surface area contributed by atoms with Crippen molar-refractivity contribution < 1.29 is 26.4 Å². The van der Waals surface area contributed by atoms with Gasteiger partial charge in [0, 0.05) is 43.2 Å². The summed E-state index contributed by atoms with van der Waals surface area (Å²) >= 11 is 0. The minimum atomic E-state index is -3.27. The lowest BCUT2D eigenvalue weighted by atomic mass is 9.84. The van der Waals surface area contributed by atoms with Crippen molar-refractivity contribution in [3.8, 4) is 0 Å². The number of hydrogen-bond acceptors (Lipinski definition) is 5. The Hall–Kier alpha value is -2.47. The van der Waals surface area contributed by atoms with E-state index in [0.29, 0.717) is 31.5 Å². The van der Waals surface area contributed by atoms with Crippen LogP contribution in [-0.4, -0.2) is 61.6 Å². The van der Waals surface area contributed by atoms with Crippen LogP contribution in [0.2, 0.25) is 0 Å². The lowest BCUT2D eigenvalue weighted by Gasteiger charge is -2.38. The van der Waals surface area contributed by atoms with Crippen LogP contribution in [0.5, 0.6) is 0 Å². The van der Waals surface area contributed by atoms with Gasteiger partial charge in [0.2, 0.25) is 15.9 Å². The molecule has 5 rings (SSSR count). The summed E-state index contributed by atoms with van der Waals surface area (Å²) in [6.45, 7) is 1.14. The van der Waals surface area contributed by atoms with Crippen molar-refractivity contribution in [3.05, 3.63) is 71.0 Å². The van der Waals surface area contributed by atoms with Crippen LogP contribution >= 0.6 is 0 Å². The molecule has 3 unspecified atom stereocenters. The topological polar surface area (TPSA) is 105 Å². The van der Waals surface area contributed by atoms with Crippen molar-refractivity contribution in [1.82, 2.24) is 14.9 Å². The molecule has 2 heterocycles. The maximum absolute atomic E-state index is 14.1. The van der Waals surface area contributed by atoms with Crippen LogP contribution in [-0.2, 0) is 14.8 Å². The van der Waals surface area contributed by atoms with Crippen LogP contribution in [0, 0.1) is 23.4 Å². The SMILES string of the molecule is NC(C(=O)N[C@H]1CCC[C@@H]1CC[C@H]1CN[C@@H]2CCCS(=O)(=O)N1C2)C(c1ccc(F)cc1)c1cc(F)cc(F)c1. The number of carbonyl (C=O) groups is 1. The largest absolute Gasteiger partial charge is 0.352 e. The molecule has 2 aromatic carbocycles. The van der Waals surface area contributed by atoms with Crippen molar-refractivity contribution in [3.63, 3.8) is 0 Å². The van der Waals surface area contributed by atoms with Gasteiger partial charge in [-0.05, 0) is 79.8 Å². The van der Waals surface area contributed by atoms with Gasteiger partial charge in [-0.3, -0.25) is 4.79 Å². The molecule has 2 saturated heterocycles. The zero-order valence-corrected chi connectivity index (χ0v) is 23.2. The van der Waals surface area contributed by atoms with Gasteiger partial charge >= 0.3 is 0 Å². The van der Waals surface area contributed by atoms with Crippen LogP contribution in [0.3, 0.4) is 0 Å². The molecule has 7 nitrogen and oxygen atoms in total. The molecule has 3 aliphatic rings. The first kappa shape index (κ1) is 29.0. The van der Waals surface area contributed by atoms with Gasteiger partial charge in [0.25, 0.3) is 0 Å². The Bertz CT molecular complexity index is 1290. The average Bonchev–Trinajstić information content (AvgIpc) is 3.30. The van der Waals surface area contributed by atoms with E-state index in [1.54, 1.807) is 4.31 Å². The first-order valence-electron chi connectivity index (χ1n) is 14.1. The van der Waals surface area contributed by atoms with Gasteiger partial charge in [-0.1, -0.05) is 18.6 Å². The van der Waals surface area contributed by atoms with Gasteiger partial charge in [-0.25, -0.2) is 21.6 Å². The number of nitrogens with zero attached hydrogens (tertiary/aromatic N) is 1. The highest BCUT2D eigenvalue weighted by atomic mass is 32.2. The van der Waals surface area contributed by atoms with Crippen LogP contribution in [0.15, 0.2) is 42.5 Å². The van der Waals surface area contributed by atoms with E-state index in [4.69, 9.17) is 5.73 Å². The minimum Gasteiger partial charge on any atom is -0.352 e. The second kappa shape index (κ2) is 12.2. The second-order valence-corrected chi connectivity index (χ2v) is 13.5. The van der Waals surface area contributed by atoms with E-state index in [-0.39, 0.29) is 35.4 Å². The highest BCUT2D eigenvalue weighted by Gasteiger charge is 2.39. The maximum Gasteiger partial charge on any atom is 0.238 e. The van der Waals surface area contributed by atoms with Crippen LogP contribution in [0.4, 0.5) is 13.2 Å². The molecule has 7 atom stereocenters. The third-order valence-electron chi connectivity index (χ3n) is 8.75. The van der Waals surface area contributed by atoms with Crippen molar-refractivity contribution in [1.29, 1.82) is 0 Å². The van der Waals surface area contributed by atoms with E-state index in [1.165, 1.54) is 24.3 Å². The quantitative estimate of drug-likeness (QED) is 0.446. The van der Waals surface area contributed by atoms with E-state index in [9.17, 15) is 26.4 Å². The predicted octanol–water partition coefficient (Wildman–Crippen LogP) is 3.39. The number of nitrogens with two attached hydrogens (primary N) is 1. The lowest BCUT2D eigenvalue weighted by molar-refractivity contribution is -0.123. The molecule has 2 aliphatic heterocycles. The van der Waals surface area contributed by atoms with E-state index >= 15 is 0 Å². The Morgan fingerprint density at radius 3 is 2.42 bits per heavy atom. The molecule has 2 aromatic rings. The summed E-state index contributed by atoms with van der Waals surface area (Å²) in [7, 11) is -3.27. The fraction of sp³-hybridized carbons (Fsp3) is 0.552. The summed E-state index contributed by atoms with van der Waals surface area (Å²) in [5.74, 6) is -3.04. The van der Waals surface area contributed by atoms with E-state index in [1.807, 2.05) is 0 Å². The van der Waals surface area contributed by atoms with Gasteiger partial charge in [0.1, 0.15) is 17.5 Å². The van der Waals surface area contributed by atoms with Gasteiger partial charge in [-0.2, -0.15) is 4.31 Å². The zero-order chi connectivity index (χ0) is 28.4. The first-order valence-corrected chi connectivity index (χ1v) is 15.7. The maximum atomic E-state index is 14.1. The number of carbonyl (C=O) groups excluding carboxylic acids is 1. The molecule has 218 valence electrons. The molecule has 0 radical (unpaired) electrons. The normalized spacial score (nSPS) is 29.4. The minimum absolute atomic E-state index is 0.107. The Labute approximate surface area is 233 Å². The number of fused-ring (bicyclic) bond motifs is 2. The number of piperazine rings is 1. The fourth-order valence-corrected chi connectivity index (χ4v) is 8.49. The number of hydrogen-bond donors (Lipinski definition) is 3. The Morgan fingerprint density at radius 1 is 0.975 bits per heavy atom. The standard InChI is InChI=1S/C29H37F3N4O3S/c30-21-9-6-19(7-10-21)27(20-13-22(31)15-23(32)14-20)28(33)29(37)35-26-5-1-3-18(26)8-11-25-16-34-24-4-2-12-40(38,39)36(25)17-24/h6-7,9-10,13-15,18,24-28,34H,1-5,8,11-12,16-17,33H2,(H,35,37)/t18-,24-,25+,26+,27?,28?/m1/s1. The predicted molar refractivity (Wildman–Crippen MR) is 146 cm³/mol. The van der Waals surface area contributed by atoms with Gasteiger partial charge < -0.3 is 16.4 Å². The van der Waals surface area contributed by atoms with Crippen LogP contribution < -0.4 is 16.4 Å². The third kappa shape index (κ3) is 6.53. The molecule has 2 bridgehead atoms. The number of sulfonamides is 1. The van der Waals surface area contributed by atoms with Gasteiger partial charge in [-0.15, -0.1) is 0 Å². The molecule has 1 amide bonds. The first-order chi connectivity index (χ1) is 19.1. The number of halogens is 3. The van der Waals surface area contributed by atoms with Crippen LogP contribution in [0.1, 0.15) is 62.0 Å². The third-order valence-corrected chi connectivity index (χ3v) is 10.7. The van der Waals surface area contributed by atoms with E-state index < -0.39 is 45.3 Å². The number of amides is 1. The molecular weight excluding hydrogens is 541 g/mol. The summed E-state index contributed by atoms with van der Waals surface area (Å²) in [5, 5.41) is 6.57. The number of nitrogens with one attached hydrogen (secondary N) is 2. The van der Waals surface area contributed by atoms with E-state index in [2.05, 4.69) is 10.6 Å². The molecule has 0 aromatic heterocycles. The Balaban J connectivity index is 1.27. The van der Waals surface area contributed by atoms with Crippen LogP contribution in [0.25, 0.3) is 0 Å². The molecule has 1 saturated carbocycles. The van der Waals surface area contributed by atoms with Crippen molar-refractivity contribution in [2.45, 2.75) is 75.0 Å². The monoisotopic (exact) mass is 578 g/mol. The van der Waals surface area contributed by atoms with Gasteiger partial charge in [0.15, 0.2) is 0 Å². The summed E-state index contributed by atoms with van der Waals surface area (Å²) in [5.41, 5.74) is 7.11. The van der Waals surface area contributed by atoms with Crippen molar-refractivity contribution in [2.75, 3.05) is 18.8 Å². The number of rotatable bonds is 8. The highest BCUT2D eigenvalue weighted by molar-refractivity contribution is 7.89. The molecule has 4 N–H and O–H groups in total. The van der Waals surface area contributed by atoms with Crippen molar-refractivity contribution >= 4 is 15.9 Å². The lowest BCUT2D eigenvalue weighted by Crippen LogP contribution is -2.57. The molecule has 3 fully saturated rings. The van der Waals surface area contributed by atoms with E-state index in [0.717, 1.165) is 50.3 Å². The highest BCUT2D eigenvalue weighted by Crippen LogP contribution is 2.33. The average molecular weight is 579 g/mol. The molecule has 11 heteroatoms.